The van der Waals surface area contributed by atoms with Crippen LogP contribution >= 0.6 is 0 Å². The van der Waals surface area contributed by atoms with Crippen LogP contribution in [0.2, 0.25) is 0 Å². The monoisotopic (exact) mass is 185 g/mol. The molecule has 13 heavy (non-hydrogen) atoms. The molecule has 0 amide bonds. The van der Waals surface area contributed by atoms with Crippen molar-refractivity contribution in [2.24, 2.45) is 0 Å². The van der Waals surface area contributed by atoms with Crippen molar-refractivity contribution in [3.8, 4) is 0 Å². The van der Waals surface area contributed by atoms with Gasteiger partial charge < -0.3 is 10.4 Å². The Bertz CT molecular complexity index is 280. The molecule has 2 N–H and O–H groups in total. The number of nitrogens with one attached hydrogen (secondary N) is 1. The Kier molecular flexibility index (Phi) is 3.13. The maximum atomic E-state index is 12.5. The first-order valence-electron chi connectivity index (χ1n) is 4.01. The number of hydrogen-bond donors (Lipinski definition) is 2. The molecule has 0 aliphatic rings. The first-order chi connectivity index (χ1) is 6.09. The van der Waals surface area contributed by atoms with Crippen LogP contribution < -0.4 is 5.32 Å². The Morgan fingerprint density at radius 1 is 1.46 bits per heavy atom. The molecule has 0 saturated heterocycles. The number of hydrogen-bond acceptors (Lipinski definition) is 4. The second-order valence-electron chi connectivity index (χ2n) is 2.90. The topological polar surface area (TPSA) is 58.0 Å². The number of anilines is 1. The summed E-state index contributed by atoms with van der Waals surface area (Å²) in [6.45, 7) is 3.42. The van der Waals surface area contributed by atoms with E-state index in [1.54, 1.807) is 13.8 Å². The van der Waals surface area contributed by atoms with E-state index < -0.39 is 12.1 Å². The van der Waals surface area contributed by atoms with Gasteiger partial charge in [-0.05, 0) is 13.8 Å². The molecule has 2 unspecified atom stereocenters. The predicted molar refractivity (Wildman–Crippen MR) is 46.8 cm³/mol. The summed E-state index contributed by atoms with van der Waals surface area (Å²) in [5, 5.41) is 12.0. The zero-order valence-corrected chi connectivity index (χ0v) is 7.53. The van der Waals surface area contributed by atoms with Crippen LogP contribution in [-0.2, 0) is 0 Å². The minimum absolute atomic E-state index is 0.184. The Morgan fingerprint density at radius 2 is 2.15 bits per heavy atom. The third kappa shape index (κ3) is 2.95. The van der Waals surface area contributed by atoms with Gasteiger partial charge in [0.1, 0.15) is 5.82 Å². The van der Waals surface area contributed by atoms with Crippen molar-refractivity contribution in [2.75, 3.05) is 5.32 Å². The van der Waals surface area contributed by atoms with E-state index in [2.05, 4.69) is 15.3 Å². The summed E-state index contributed by atoms with van der Waals surface area (Å²) in [5.41, 5.74) is 0. The molecule has 0 aromatic carbocycles. The van der Waals surface area contributed by atoms with E-state index in [0.717, 1.165) is 6.20 Å². The zero-order valence-electron chi connectivity index (χ0n) is 7.53. The molecule has 0 bridgehead atoms. The lowest BCUT2D eigenvalue weighted by Crippen LogP contribution is -2.28. The van der Waals surface area contributed by atoms with E-state index in [1.165, 1.54) is 6.20 Å². The predicted octanol–water partition coefficient (Wildman–Crippen LogP) is 0.797. The molecule has 2 atom stereocenters. The van der Waals surface area contributed by atoms with Gasteiger partial charge in [-0.1, -0.05) is 0 Å². The lowest BCUT2D eigenvalue weighted by atomic mass is 10.2. The van der Waals surface area contributed by atoms with Crippen molar-refractivity contribution >= 4 is 5.82 Å². The van der Waals surface area contributed by atoms with Gasteiger partial charge in [0.25, 0.3) is 0 Å². The van der Waals surface area contributed by atoms with E-state index in [4.69, 9.17) is 5.11 Å². The highest BCUT2D eigenvalue weighted by atomic mass is 19.1. The lowest BCUT2D eigenvalue weighted by molar-refractivity contribution is 0.177. The standard InChI is InChI=1S/C8H12FN3O/c1-5(6(2)13)11-8-4-10-3-7(9)12-8/h3-6,13H,1-2H3,(H,11,12). The molecule has 1 aromatic rings. The van der Waals surface area contributed by atoms with Crippen LogP contribution in [0.15, 0.2) is 12.4 Å². The van der Waals surface area contributed by atoms with E-state index in [0.29, 0.717) is 5.82 Å². The quantitative estimate of drug-likeness (QED) is 0.731. The van der Waals surface area contributed by atoms with Gasteiger partial charge in [-0.25, -0.2) is 0 Å². The fourth-order valence-corrected chi connectivity index (χ4v) is 0.766. The summed E-state index contributed by atoms with van der Waals surface area (Å²) in [7, 11) is 0. The van der Waals surface area contributed by atoms with Crippen LogP contribution in [0.3, 0.4) is 0 Å². The Balaban J connectivity index is 2.64. The van der Waals surface area contributed by atoms with Gasteiger partial charge in [0.2, 0.25) is 5.95 Å². The summed E-state index contributed by atoms with van der Waals surface area (Å²) >= 11 is 0. The van der Waals surface area contributed by atoms with Crippen LogP contribution in [0.1, 0.15) is 13.8 Å². The SMILES string of the molecule is CC(O)C(C)Nc1cncc(F)n1. The smallest absolute Gasteiger partial charge is 0.233 e. The van der Waals surface area contributed by atoms with Gasteiger partial charge in [-0.2, -0.15) is 9.37 Å². The molecule has 0 aliphatic heterocycles. The third-order valence-electron chi connectivity index (χ3n) is 1.70. The Labute approximate surface area is 75.8 Å². The van der Waals surface area contributed by atoms with Gasteiger partial charge in [0.15, 0.2) is 0 Å². The first-order valence-corrected chi connectivity index (χ1v) is 4.01. The molecule has 5 heteroatoms. The number of rotatable bonds is 3. The molecule has 1 rings (SSSR count). The maximum Gasteiger partial charge on any atom is 0.233 e. The minimum Gasteiger partial charge on any atom is -0.391 e. The van der Waals surface area contributed by atoms with Crippen molar-refractivity contribution in [1.82, 2.24) is 9.97 Å². The van der Waals surface area contributed by atoms with E-state index in [1.807, 2.05) is 0 Å². The molecule has 4 nitrogen and oxygen atoms in total. The van der Waals surface area contributed by atoms with E-state index in [-0.39, 0.29) is 6.04 Å². The Morgan fingerprint density at radius 3 is 2.69 bits per heavy atom. The van der Waals surface area contributed by atoms with E-state index in [9.17, 15) is 4.39 Å². The fraction of sp³-hybridized carbons (Fsp3) is 0.500. The van der Waals surface area contributed by atoms with E-state index >= 15 is 0 Å². The zero-order chi connectivity index (χ0) is 9.84. The average molecular weight is 185 g/mol. The summed E-state index contributed by atoms with van der Waals surface area (Å²) in [6, 6.07) is -0.184. The van der Waals surface area contributed by atoms with Crippen LogP contribution in [0.25, 0.3) is 0 Å². The van der Waals surface area contributed by atoms with Crippen LogP contribution in [0.5, 0.6) is 0 Å². The molecule has 1 aromatic heterocycles. The first kappa shape index (κ1) is 9.85. The minimum atomic E-state index is -0.636. The second kappa shape index (κ2) is 4.13. The van der Waals surface area contributed by atoms with Gasteiger partial charge in [-0.3, -0.25) is 4.98 Å². The number of aromatic nitrogens is 2. The normalized spacial score (nSPS) is 15.1. The molecule has 0 fully saturated rings. The van der Waals surface area contributed by atoms with Crippen molar-refractivity contribution < 1.29 is 9.50 Å². The van der Waals surface area contributed by atoms with Gasteiger partial charge in [-0.15, -0.1) is 0 Å². The highest BCUT2D eigenvalue weighted by Gasteiger charge is 2.08. The molecule has 0 radical (unpaired) electrons. The van der Waals surface area contributed by atoms with Crippen LogP contribution in [-0.4, -0.2) is 27.2 Å². The highest BCUT2D eigenvalue weighted by molar-refractivity contribution is 5.31. The van der Waals surface area contributed by atoms with Gasteiger partial charge in [0.05, 0.1) is 24.5 Å². The van der Waals surface area contributed by atoms with Crippen molar-refractivity contribution in [2.45, 2.75) is 26.0 Å². The second-order valence-corrected chi connectivity index (χ2v) is 2.90. The van der Waals surface area contributed by atoms with Crippen LogP contribution in [0.4, 0.5) is 10.2 Å². The fourth-order valence-electron chi connectivity index (χ4n) is 0.766. The highest BCUT2D eigenvalue weighted by Crippen LogP contribution is 2.04. The number of aliphatic hydroxyl groups excluding tert-OH is 1. The molecule has 0 spiro atoms. The summed E-state index contributed by atoms with van der Waals surface area (Å²) in [5.74, 6) is -0.309. The molecule has 1 heterocycles. The maximum absolute atomic E-state index is 12.5. The van der Waals surface area contributed by atoms with Crippen molar-refractivity contribution in [1.29, 1.82) is 0 Å². The lowest BCUT2D eigenvalue weighted by Gasteiger charge is -2.16. The number of aliphatic hydroxyl groups is 1. The van der Waals surface area contributed by atoms with Crippen molar-refractivity contribution in [3.63, 3.8) is 0 Å². The molecular formula is C8H12FN3O. The molecule has 0 aliphatic carbocycles. The number of nitrogens with zero attached hydrogens (tertiary/aromatic N) is 2. The summed E-state index contributed by atoms with van der Waals surface area (Å²) < 4.78 is 12.5. The largest absolute Gasteiger partial charge is 0.391 e. The van der Waals surface area contributed by atoms with Gasteiger partial charge >= 0.3 is 0 Å². The number of halogens is 1. The average Bonchev–Trinajstić information content (AvgIpc) is 2.04. The van der Waals surface area contributed by atoms with Crippen molar-refractivity contribution in [3.05, 3.63) is 18.3 Å². The summed E-state index contributed by atoms with van der Waals surface area (Å²) in [4.78, 5) is 7.16. The third-order valence-corrected chi connectivity index (χ3v) is 1.70. The summed E-state index contributed by atoms with van der Waals surface area (Å²) in [6.07, 6.45) is 1.91. The molecular weight excluding hydrogens is 173 g/mol. The van der Waals surface area contributed by atoms with Crippen LogP contribution in [0, 0.1) is 5.95 Å². The Hall–Kier alpha value is -1.23. The van der Waals surface area contributed by atoms with Gasteiger partial charge in [0, 0.05) is 0 Å². The molecule has 72 valence electrons. The molecule has 0 saturated carbocycles.